The third kappa shape index (κ3) is 3.26. The van der Waals surface area contributed by atoms with Gasteiger partial charge in [0.25, 0.3) is 0 Å². The highest BCUT2D eigenvalue weighted by Crippen LogP contribution is 2.29. The van der Waals surface area contributed by atoms with E-state index in [4.69, 9.17) is 4.42 Å². The van der Waals surface area contributed by atoms with E-state index in [0.717, 1.165) is 34.6 Å². The number of hydrogen-bond donors (Lipinski definition) is 1. The Morgan fingerprint density at radius 2 is 2.26 bits per heavy atom. The van der Waals surface area contributed by atoms with Gasteiger partial charge in [-0.3, -0.25) is 4.68 Å². The highest BCUT2D eigenvalue weighted by molar-refractivity contribution is 9.10. The first kappa shape index (κ1) is 14.3. The van der Waals surface area contributed by atoms with Gasteiger partial charge in [-0.25, -0.2) is 0 Å². The summed E-state index contributed by atoms with van der Waals surface area (Å²) in [7, 11) is 4.02. The number of hydrogen-bond acceptors (Lipinski definition) is 4. The normalized spacial score (nSPS) is 13.2. The highest BCUT2D eigenvalue weighted by atomic mass is 79.9. The van der Waals surface area contributed by atoms with E-state index in [-0.39, 0.29) is 0 Å². The monoisotopic (exact) mass is 327 g/mol. The first-order valence-electron chi connectivity index (χ1n) is 6.08. The van der Waals surface area contributed by atoms with E-state index in [2.05, 4.69) is 25.9 Å². The smallest absolute Gasteiger partial charge is 0.125 e. The molecule has 5 nitrogen and oxygen atoms in total. The fourth-order valence-electron chi connectivity index (χ4n) is 1.88. The van der Waals surface area contributed by atoms with Crippen LogP contribution >= 0.6 is 15.9 Å². The van der Waals surface area contributed by atoms with Gasteiger partial charge in [0.15, 0.2) is 0 Å². The van der Waals surface area contributed by atoms with E-state index < -0.39 is 6.10 Å². The molecule has 2 aromatic heterocycles. The summed E-state index contributed by atoms with van der Waals surface area (Å²) in [5, 5.41) is 14.8. The standard InChI is InChI=1S/C13H18BrN3O2/c1-9-6-10(8-19-9)13(18)12-11(14)7-15-17(12)5-4-16(2)3/h6-8,13,18H,4-5H2,1-3H3. The largest absolute Gasteiger partial charge is 0.469 e. The van der Waals surface area contributed by atoms with Gasteiger partial charge in [-0.1, -0.05) is 0 Å². The molecule has 1 unspecified atom stereocenters. The quantitative estimate of drug-likeness (QED) is 0.914. The fourth-order valence-corrected chi connectivity index (χ4v) is 2.39. The molecule has 0 bridgehead atoms. The molecule has 0 aromatic carbocycles. The molecule has 1 atom stereocenters. The first-order valence-corrected chi connectivity index (χ1v) is 6.87. The lowest BCUT2D eigenvalue weighted by Gasteiger charge is -2.15. The van der Waals surface area contributed by atoms with Crippen molar-refractivity contribution in [3.05, 3.63) is 40.0 Å². The van der Waals surface area contributed by atoms with Crippen molar-refractivity contribution in [2.75, 3.05) is 20.6 Å². The summed E-state index contributed by atoms with van der Waals surface area (Å²) in [6.07, 6.45) is 2.55. The maximum atomic E-state index is 10.5. The lowest BCUT2D eigenvalue weighted by Crippen LogP contribution is -2.21. The minimum atomic E-state index is -0.739. The Bertz CT molecular complexity index is 548. The Labute approximate surface area is 121 Å². The summed E-state index contributed by atoms with van der Waals surface area (Å²) in [5.74, 6) is 0.782. The molecule has 0 spiro atoms. The van der Waals surface area contributed by atoms with Gasteiger partial charge in [0.05, 0.1) is 29.2 Å². The van der Waals surface area contributed by atoms with E-state index in [1.54, 1.807) is 12.5 Å². The van der Waals surface area contributed by atoms with Crippen molar-refractivity contribution in [2.45, 2.75) is 19.6 Å². The first-order chi connectivity index (χ1) is 8.99. The van der Waals surface area contributed by atoms with E-state index in [1.165, 1.54) is 0 Å². The third-order valence-electron chi connectivity index (χ3n) is 2.92. The molecular formula is C13H18BrN3O2. The lowest BCUT2D eigenvalue weighted by molar-refractivity contribution is 0.204. The van der Waals surface area contributed by atoms with Crippen LogP contribution in [-0.4, -0.2) is 40.4 Å². The molecule has 6 heteroatoms. The minimum Gasteiger partial charge on any atom is -0.469 e. The predicted octanol–water partition coefficient (Wildman–Crippen LogP) is 2.19. The Balaban J connectivity index is 2.25. The van der Waals surface area contributed by atoms with Crippen LogP contribution in [0.4, 0.5) is 0 Å². The number of furan rings is 1. The third-order valence-corrected chi connectivity index (χ3v) is 3.53. The van der Waals surface area contributed by atoms with Gasteiger partial charge in [0.2, 0.25) is 0 Å². The van der Waals surface area contributed by atoms with Crippen LogP contribution in [0.25, 0.3) is 0 Å². The molecule has 2 aromatic rings. The predicted molar refractivity (Wildman–Crippen MR) is 76.0 cm³/mol. The molecule has 0 saturated carbocycles. The zero-order chi connectivity index (χ0) is 14.0. The van der Waals surface area contributed by atoms with Crippen LogP contribution < -0.4 is 0 Å². The zero-order valence-corrected chi connectivity index (χ0v) is 12.9. The number of likely N-dealkylation sites (N-methyl/N-ethyl adjacent to an activating group) is 1. The molecule has 0 aliphatic rings. The fraction of sp³-hybridized carbons (Fsp3) is 0.462. The van der Waals surface area contributed by atoms with Crippen molar-refractivity contribution in [1.82, 2.24) is 14.7 Å². The van der Waals surface area contributed by atoms with Crippen molar-refractivity contribution in [3.8, 4) is 0 Å². The molecule has 2 rings (SSSR count). The Hall–Kier alpha value is -1.11. The average Bonchev–Trinajstić information content (AvgIpc) is 2.92. The van der Waals surface area contributed by atoms with Gasteiger partial charge in [-0.15, -0.1) is 0 Å². The molecule has 0 amide bonds. The summed E-state index contributed by atoms with van der Waals surface area (Å²) < 4.78 is 7.87. The molecule has 0 radical (unpaired) electrons. The molecule has 0 fully saturated rings. The average molecular weight is 328 g/mol. The molecule has 0 saturated heterocycles. The van der Waals surface area contributed by atoms with E-state index in [1.807, 2.05) is 31.8 Å². The van der Waals surface area contributed by atoms with Crippen LogP contribution in [-0.2, 0) is 6.54 Å². The molecule has 19 heavy (non-hydrogen) atoms. The number of halogens is 1. The minimum absolute atomic E-state index is 0.724. The number of nitrogens with zero attached hydrogens (tertiary/aromatic N) is 3. The zero-order valence-electron chi connectivity index (χ0n) is 11.3. The Morgan fingerprint density at radius 3 is 2.84 bits per heavy atom. The molecule has 2 heterocycles. The second-order valence-corrected chi connectivity index (χ2v) is 5.65. The second kappa shape index (κ2) is 5.90. The summed E-state index contributed by atoms with van der Waals surface area (Å²) in [4.78, 5) is 2.08. The van der Waals surface area contributed by atoms with Gasteiger partial charge in [0.1, 0.15) is 11.9 Å². The molecule has 1 N–H and O–H groups in total. The van der Waals surface area contributed by atoms with E-state index in [0.29, 0.717) is 0 Å². The van der Waals surface area contributed by atoms with Crippen molar-refractivity contribution >= 4 is 15.9 Å². The Morgan fingerprint density at radius 1 is 1.53 bits per heavy atom. The summed E-state index contributed by atoms with van der Waals surface area (Å²) in [6.45, 7) is 3.44. The van der Waals surface area contributed by atoms with Crippen molar-refractivity contribution in [2.24, 2.45) is 0 Å². The van der Waals surface area contributed by atoms with Crippen LogP contribution in [0.1, 0.15) is 23.1 Å². The maximum absolute atomic E-state index is 10.5. The van der Waals surface area contributed by atoms with E-state index >= 15 is 0 Å². The maximum Gasteiger partial charge on any atom is 0.125 e. The summed E-state index contributed by atoms with van der Waals surface area (Å²) in [5.41, 5.74) is 1.49. The number of aromatic nitrogens is 2. The van der Waals surface area contributed by atoms with Crippen molar-refractivity contribution in [1.29, 1.82) is 0 Å². The number of rotatable bonds is 5. The van der Waals surface area contributed by atoms with Gasteiger partial charge in [0, 0.05) is 12.1 Å². The van der Waals surface area contributed by atoms with Gasteiger partial charge in [-0.2, -0.15) is 5.10 Å². The summed E-state index contributed by atoms with van der Waals surface area (Å²) in [6, 6.07) is 1.83. The number of aryl methyl sites for hydroxylation is 1. The van der Waals surface area contributed by atoms with Gasteiger partial charge < -0.3 is 14.4 Å². The van der Waals surface area contributed by atoms with Gasteiger partial charge in [-0.05, 0) is 43.0 Å². The lowest BCUT2D eigenvalue weighted by atomic mass is 10.1. The van der Waals surface area contributed by atoms with Gasteiger partial charge >= 0.3 is 0 Å². The van der Waals surface area contributed by atoms with Crippen LogP contribution in [0.2, 0.25) is 0 Å². The van der Waals surface area contributed by atoms with Crippen LogP contribution in [0.3, 0.4) is 0 Å². The van der Waals surface area contributed by atoms with Crippen LogP contribution in [0.15, 0.2) is 27.4 Å². The van der Waals surface area contributed by atoms with Crippen LogP contribution in [0.5, 0.6) is 0 Å². The molecule has 0 aliphatic carbocycles. The molecule has 0 aliphatic heterocycles. The van der Waals surface area contributed by atoms with E-state index in [9.17, 15) is 5.11 Å². The second-order valence-electron chi connectivity index (χ2n) is 4.80. The highest BCUT2D eigenvalue weighted by Gasteiger charge is 2.21. The number of aliphatic hydroxyl groups excluding tert-OH is 1. The topological polar surface area (TPSA) is 54.4 Å². The van der Waals surface area contributed by atoms with Crippen molar-refractivity contribution < 1.29 is 9.52 Å². The molecular weight excluding hydrogens is 310 g/mol. The van der Waals surface area contributed by atoms with Crippen LogP contribution in [0, 0.1) is 6.92 Å². The Kier molecular flexibility index (Phi) is 4.44. The van der Waals surface area contributed by atoms with Crippen molar-refractivity contribution in [3.63, 3.8) is 0 Å². The number of aliphatic hydroxyl groups is 1. The summed E-state index contributed by atoms with van der Waals surface area (Å²) >= 11 is 3.44. The molecule has 104 valence electrons. The SMILES string of the molecule is Cc1cc(C(O)c2c(Br)cnn2CCN(C)C)co1.